The zero-order valence-corrected chi connectivity index (χ0v) is 19.9. The van der Waals surface area contributed by atoms with Crippen LogP contribution >= 0.6 is 0 Å². The zero-order valence-electron chi connectivity index (χ0n) is 19.1. The molecule has 0 unspecified atom stereocenters. The van der Waals surface area contributed by atoms with Crippen LogP contribution in [0.4, 0.5) is 10.2 Å². The third-order valence-corrected chi connectivity index (χ3v) is 6.71. The van der Waals surface area contributed by atoms with E-state index in [9.17, 15) is 22.7 Å². The van der Waals surface area contributed by atoms with Gasteiger partial charge in [0, 0.05) is 25.5 Å². The van der Waals surface area contributed by atoms with Gasteiger partial charge in [0.2, 0.25) is 5.78 Å². The maximum Gasteiger partial charge on any atom is 0.335 e. The summed E-state index contributed by atoms with van der Waals surface area (Å²) >= 11 is 0. The second-order valence-corrected chi connectivity index (χ2v) is 9.78. The number of carbonyl (C=O) groups excluding carboxylic acids is 1. The Bertz CT molecular complexity index is 1330. The number of rotatable bonds is 9. The maximum absolute atomic E-state index is 13.5. The van der Waals surface area contributed by atoms with Crippen LogP contribution in [-0.4, -0.2) is 64.4 Å². The smallest absolute Gasteiger partial charge is 0.335 e. The van der Waals surface area contributed by atoms with Gasteiger partial charge in [0.15, 0.2) is 0 Å². The van der Waals surface area contributed by atoms with E-state index in [0.717, 1.165) is 5.56 Å². The Kier molecular flexibility index (Phi) is 7.21. The van der Waals surface area contributed by atoms with Crippen molar-refractivity contribution < 1.29 is 26.9 Å². The van der Waals surface area contributed by atoms with Crippen molar-refractivity contribution in [2.75, 3.05) is 12.4 Å². The second-order valence-electron chi connectivity index (χ2n) is 8.27. The predicted molar refractivity (Wildman–Crippen MR) is 123 cm³/mol. The molecule has 1 fully saturated rings. The summed E-state index contributed by atoms with van der Waals surface area (Å²) in [7, 11) is -2.75. The van der Waals surface area contributed by atoms with Gasteiger partial charge in [-0.15, -0.1) is 0 Å². The summed E-state index contributed by atoms with van der Waals surface area (Å²) in [6.45, 7) is 2.04. The van der Waals surface area contributed by atoms with Crippen molar-refractivity contribution in [3.8, 4) is 0 Å². The maximum atomic E-state index is 13.5. The predicted octanol–water partition coefficient (Wildman–Crippen LogP) is 1.18. The molecule has 1 aromatic carbocycles. The lowest BCUT2D eigenvalue weighted by Crippen LogP contribution is -2.31. The second kappa shape index (κ2) is 10.2. The molecule has 3 aromatic rings. The van der Waals surface area contributed by atoms with Crippen molar-refractivity contribution in [2.45, 2.75) is 44.6 Å². The molecular weight excluding hydrogens is 479 g/mol. The number of hydrogen-bond donors (Lipinski definition) is 3. The summed E-state index contributed by atoms with van der Waals surface area (Å²) in [5, 5.41) is 17.6. The molecule has 0 amide bonds. The van der Waals surface area contributed by atoms with Crippen LogP contribution in [0.25, 0.3) is 0 Å². The number of aliphatic hydroxyl groups excluding tert-OH is 1. The molecule has 4 rings (SSSR count). The van der Waals surface area contributed by atoms with Gasteiger partial charge in [0.05, 0.1) is 18.2 Å². The highest BCUT2D eigenvalue weighted by Gasteiger charge is 2.37. The summed E-state index contributed by atoms with van der Waals surface area (Å²) < 4.78 is 45.4. The number of ketones is 1. The van der Waals surface area contributed by atoms with E-state index in [1.807, 2.05) is 4.72 Å². The van der Waals surface area contributed by atoms with Crippen LogP contribution in [0.2, 0.25) is 0 Å². The largest absolute Gasteiger partial charge is 0.390 e. The molecule has 0 bridgehead atoms. The Labute approximate surface area is 201 Å². The first-order valence-electron chi connectivity index (χ1n) is 10.8. The molecule has 1 saturated carbocycles. The summed E-state index contributed by atoms with van der Waals surface area (Å²) in [6, 6.07) is 5.96. The molecule has 11 nitrogen and oxygen atoms in total. The Morgan fingerprint density at radius 2 is 2.11 bits per heavy atom. The van der Waals surface area contributed by atoms with Crippen LogP contribution in [0, 0.1) is 12.7 Å². The quantitative estimate of drug-likeness (QED) is 0.365. The normalized spacial score (nSPS) is 20.2. The Hall–Kier alpha value is -3.26. The fourth-order valence-electron chi connectivity index (χ4n) is 3.91. The molecule has 2 aromatic heterocycles. The molecule has 1 aliphatic carbocycles. The van der Waals surface area contributed by atoms with Crippen LogP contribution in [0.1, 0.15) is 40.0 Å². The molecule has 1 aliphatic rings. The lowest BCUT2D eigenvalue weighted by atomic mass is 10.1. The fraction of sp³-hybridized carbons (Fsp3) is 0.364. The molecule has 35 heavy (non-hydrogen) atoms. The lowest BCUT2D eigenvalue weighted by Gasteiger charge is -2.15. The van der Waals surface area contributed by atoms with Crippen molar-refractivity contribution in [3.05, 3.63) is 71.2 Å². The molecule has 3 N–H and O–H groups in total. The van der Waals surface area contributed by atoms with Crippen LogP contribution in [0.3, 0.4) is 0 Å². The van der Waals surface area contributed by atoms with Gasteiger partial charge in [-0.1, -0.05) is 12.1 Å². The number of nitrogens with one attached hydrogen (secondary N) is 2. The standard InChI is InChI=1S/C22H25FN6O5S/c1-13-7-14(3-4-17(13)23)11-29-6-5-18(28-29)21(31)16-10-25-12-26-22(16)27-15-8-19(30)20(9-15)34-35(32,33)24-2/h3-7,10,12,15,19-20,24,30H,8-9,11H2,1-2H3,(H,25,26,27)/t15-,19+,20-/m1/s1. The van der Waals surface area contributed by atoms with Gasteiger partial charge < -0.3 is 10.4 Å². The van der Waals surface area contributed by atoms with E-state index in [1.165, 1.54) is 25.6 Å². The first-order chi connectivity index (χ1) is 16.6. The van der Waals surface area contributed by atoms with Crippen molar-refractivity contribution >= 4 is 21.9 Å². The Morgan fingerprint density at radius 1 is 1.31 bits per heavy atom. The zero-order chi connectivity index (χ0) is 25.2. The molecular formula is C22H25FN6O5S. The molecule has 0 radical (unpaired) electrons. The molecule has 186 valence electrons. The highest BCUT2D eigenvalue weighted by molar-refractivity contribution is 7.84. The van der Waals surface area contributed by atoms with E-state index >= 15 is 0 Å². The van der Waals surface area contributed by atoms with E-state index in [0.29, 0.717) is 12.1 Å². The monoisotopic (exact) mass is 504 g/mol. The van der Waals surface area contributed by atoms with E-state index in [1.54, 1.807) is 36.0 Å². The van der Waals surface area contributed by atoms with E-state index in [4.69, 9.17) is 4.18 Å². The lowest BCUT2D eigenvalue weighted by molar-refractivity contribution is 0.0636. The number of benzene rings is 1. The minimum atomic E-state index is -3.96. The van der Waals surface area contributed by atoms with Gasteiger partial charge >= 0.3 is 10.3 Å². The van der Waals surface area contributed by atoms with Gasteiger partial charge in [-0.25, -0.2) is 14.4 Å². The Balaban J connectivity index is 1.46. The van der Waals surface area contributed by atoms with Crippen LogP contribution in [-0.2, 0) is 21.0 Å². The van der Waals surface area contributed by atoms with Gasteiger partial charge in [-0.05, 0) is 43.0 Å². The SMILES string of the molecule is CNS(=O)(=O)O[C@@H]1C[C@H](Nc2ncncc2C(=O)c2ccn(Cc3ccc(F)c(C)c3)n2)C[C@@H]1O. The summed E-state index contributed by atoms with van der Waals surface area (Å²) in [6.07, 6.45) is 2.74. The van der Waals surface area contributed by atoms with Gasteiger partial charge in [-0.3, -0.25) is 13.7 Å². The number of aromatic nitrogens is 4. The van der Waals surface area contributed by atoms with Crippen LogP contribution < -0.4 is 10.0 Å². The van der Waals surface area contributed by atoms with Crippen molar-refractivity contribution in [2.24, 2.45) is 0 Å². The summed E-state index contributed by atoms with van der Waals surface area (Å²) in [4.78, 5) is 21.3. The van der Waals surface area contributed by atoms with Gasteiger partial charge in [0.1, 0.15) is 29.8 Å². The highest BCUT2D eigenvalue weighted by Crippen LogP contribution is 2.27. The van der Waals surface area contributed by atoms with E-state index < -0.39 is 28.3 Å². The highest BCUT2D eigenvalue weighted by atomic mass is 32.2. The average Bonchev–Trinajstić information content (AvgIpc) is 3.42. The first-order valence-corrected chi connectivity index (χ1v) is 12.3. The number of anilines is 1. The van der Waals surface area contributed by atoms with Crippen LogP contribution in [0.5, 0.6) is 0 Å². The fourth-order valence-corrected chi connectivity index (χ4v) is 4.54. The van der Waals surface area contributed by atoms with Gasteiger partial charge in [-0.2, -0.15) is 18.2 Å². The molecule has 13 heteroatoms. The number of carbonyl (C=O) groups is 1. The van der Waals surface area contributed by atoms with Crippen molar-refractivity contribution in [1.82, 2.24) is 24.5 Å². The first kappa shape index (κ1) is 24.9. The molecule has 0 spiro atoms. The number of nitrogens with zero attached hydrogens (tertiary/aromatic N) is 4. The van der Waals surface area contributed by atoms with Crippen molar-refractivity contribution in [1.29, 1.82) is 0 Å². The number of hydrogen-bond acceptors (Lipinski definition) is 9. The minimum absolute atomic E-state index is 0.175. The number of halogens is 1. The van der Waals surface area contributed by atoms with E-state index in [2.05, 4.69) is 20.4 Å². The third kappa shape index (κ3) is 5.88. The topological polar surface area (TPSA) is 148 Å². The molecule has 0 saturated heterocycles. The average molecular weight is 505 g/mol. The van der Waals surface area contributed by atoms with Crippen molar-refractivity contribution in [3.63, 3.8) is 0 Å². The molecule has 3 atom stereocenters. The molecule has 0 aliphatic heterocycles. The van der Waals surface area contributed by atoms with Gasteiger partial charge in [0.25, 0.3) is 0 Å². The molecule has 2 heterocycles. The number of aryl methyl sites for hydroxylation is 1. The van der Waals surface area contributed by atoms with E-state index in [-0.39, 0.29) is 41.8 Å². The Morgan fingerprint density at radius 3 is 2.86 bits per heavy atom. The third-order valence-electron chi connectivity index (χ3n) is 5.71. The minimum Gasteiger partial charge on any atom is -0.390 e. The summed E-state index contributed by atoms with van der Waals surface area (Å²) in [5.74, 6) is -0.459. The number of aliphatic hydroxyl groups is 1. The summed E-state index contributed by atoms with van der Waals surface area (Å²) in [5.41, 5.74) is 1.72. The van der Waals surface area contributed by atoms with Crippen LogP contribution in [0.15, 0.2) is 43.0 Å².